The Balaban J connectivity index is 1.43. The number of piperidine rings is 1. The van der Waals surface area contributed by atoms with Crippen LogP contribution in [0.25, 0.3) is 0 Å². The van der Waals surface area contributed by atoms with Gasteiger partial charge in [-0.3, -0.25) is 9.59 Å². The molecule has 0 aliphatic carbocycles. The predicted molar refractivity (Wildman–Crippen MR) is 105 cm³/mol. The van der Waals surface area contributed by atoms with Crippen LogP contribution >= 0.6 is 0 Å². The Labute approximate surface area is 168 Å². The second-order valence-corrected chi connectivity index (χ2v) is 7.76. The first kappa shape index (κ1) is 19.6. The lowest BCUT2D eigenvalue weighted by atomic mass is 9.96. The molecule has 0 spiro atoms. The third-order valence-corrected chi connectivity index (χ3v) is 5.63. The first-order chi connectivity index (χ1) is 14.0. The second kappa shape index (κ2) is 8.32. The summed E-state index contributed by atoms with van der Waals surface area (Å²) in [6.07, 6.45) is 2.44. The number of carbonyl (C=O) groups is 1. The number of carbonyl (C=O) groups excluding carboxylic acids is 1. The molecule has 154 valence electrons. The number of para-hydroxylation sites is 1. The van der Waals surface area contributed by atoms with Crippen molar-refractivity contribution in [3.63, 3.8) is 0 Å². The number of hydrogen-bond acceptors (Lipinski definition) is 5. The van der Waals surface area contributed by atoms with Crippen LogP contribution in [0.15, 0.2) is 29.1 Å². The third-order valence-electron chi connectivity index (χ3n) is 5.63. The van der Waals surface area contributed by atoms with Crippen LogP contribution in [0.2, 0.25) is 0 Å². The van der Waals surface area contributed by atoms with E-state index in [0.29, 0.717) is 25.5 Å². The number of nitrogens with one attached hydrogen (secondary N) is 1. The molecular formula is C21H25FN4O3. The topological polar surface area (TPSA) is 78.5 Å². The highest BCUT2D eigenvalue weighted by molar-refractivity contribution is 5.78. The Morgan fingerprint density at radius 1 is 1.34 bits per heavy atom. The SMILES string of the molecule is CN1CCc2nc([C@@H]3CCCN(C(=O)COc4ccccc4F)C3)[nH]c(=O)c2C1. The number of rotatable bonds is 4. The van der Waals surface area contributed by atoms with Gasteiger partial charge in [-0.2, -0.15) is 0 Å². The van der Waals surface area contributed by atoms with E-state index < -0.39 is 5.82 Å². The molecule has 0 bridgehead atoms. The monoisotopic (exact) mass is 400 g/mol. The molecule has 3 heterocycles. The molecule has 0 saturated carbocycles. The van der Waals surface area contributed by atoms with Gasteiger partial charge in [0.15, 0.2) is 18.2 Å². The van der Waals surface area contributed by atoms with Gasteiger partial charge in [0.1, 0.15) is 5.82 Å². The lowest BCUT2D eigenvalue weighted by molar-refractivity contribution is -0.134. The van der Waals surface area contributed by atoms with Crippen molar-refractivity contribution in [2.24, 2.45) is 0 Å². The normalized spacial score (nSPS) is 19.7. The van der Waals surface area contributed by atoms with E-state index in [1.807, 2.05) is 7.05 Å². The number of likely N-dealkylation sites (tertiary alicyclic amines) is 1. The second-order valence-electron chi connectivity index (χ2n) is 7.76. The summed E-state index contributed by atoms with van der Waals surface area (Å²) >= 11 is 0. The van der Waals surface area contributed by atoms with Crippen LogP contribution in [0, 0.1) is 5.82 Å². The minimum Gasteiger partial charge on any atom is -0.481 e. The Morgan fingerprint density at radius 2 is 2.17 bits per heavy atom. The summed E-state index contributed by atoms with van der Waals surface area (Å²) < 4.78 is 19.0. The summed E-state index contributed by atoms with van der Waals surface area (Å²) in [5, 5.41) is 0. The summed E-state index contributed by atoms with van der Waals surface area (Å²) in [6.45, 7) is 2.37. The van der Waals surface area contributed by atoms with E-state index in [0.717, 1.165) is 37.1 Å². The van der Waals surface area contributed by atoms with Crippen molar-refractivity contribution in [1.82, 2.24) is 19.8 Å². The Kier molecular flexibility index (Phi) is 5.62. The van der Waals surface area contributed by atoms with Crippen LogP contribution in [0.5, 0.6) is 5.75 Å². The molecule has 0 radical (unpaired) electrons. The van der Waals surface area contributed by atoms with E-state index in [-0.39, 0.29) is 29.7 Å². The summed E-state index contributed by atoms with van der Waals surface area (Å²) in [5.41, 5.74) is 1.53. The molecule has 4 rings (SSSR count). The lowest BCUT2D eigenvalue weighted by Gasteiger charge is -2.33. The van der Waals surface area contributed by atoms with Crippen molar-refractivity contribution in [2.75, 3.05) is 33.3 Å². The number of ether oxygens (including phenoxy) is 1. The molecule has 7 nitrogen and oxygen atoms in total. The van der Waals surface area contributed by atoms with E-state index in [1.54, 1.807) is 17.0 Å². The maximum absolute atomic E-state index is 13.7. The molecule has 0 unspecified atom stereocenters. The number of nitrogens with zero attached hydrogens (tertiary/aromatic N) is 3. The zero-order valence-corrected chi connectivity index (χ0v) is 16.5. The number of amides is 1. The smallest absolute Gasteiger partial charge is 0.260 e. The minimum atomic E-state index is -0.488. The number of likely N-dealkylation sites (N-methyl/N-ethyl adjacent to an activating group) is 1. The first-order valence-electron chi connectivity index (χ1n) is 9.97. The van der Waals surface area contributed by atoms with E-state index in [4.69, 9.17) is 9.72 Å². The summed E-state index contributed by atoms with van der Waals surface area (Å²) in [6, 6.07) is 6.03. The number of fused-ring (bicyclic) bond motifs is 1. The van der Waals surface area contributed by atoms with Crippen LogP contribution in [0.3, 0.4) is 0 Å². The van der Waals surface area contributed by atoms with Crippen LogP contribution in [-0.4, -0.2) is 59.0 Å². The van der Waals surface area contributed by atoms with Gasteiger partial charge in [0.05, 0.1) is 11.3 Å². The fraction of sp³-hybridized carbons (Fsp3) is 0.476. The molecule has 2 aliphatic rings. The lowest BCUT2D eigenvalue weighted by Crippen LogP contribution is -2.42. The quantitative estimate of drug-likeness (QED) is 0.845. The molecule has 1 fully saturated rings. The highest BCUT2D eigenvalue weighted by atomic mass is 19.1. The number of H-pyrrole nitrogens is 1. The molecule has 1 aromatic heterocycles. The van der Waals surface area contributed by atoms with Crippen molar-refractivity contribution < 1.29 is 13.9 Å². The highest BCUT2D eigenvalue weighted by Crippen LogP contribution is 2.25. The molecule has 1 atom stereocenters. The van der Waals surface area contributed by atoms with E-state index in [1.165, 1.54) is 12.1 Å². The summed E-state index contributed by atoms with van der Waals surface area (Å²) in [4.78, 5) is 36.6. The van der Waals surface area contributed by atoms with Crippen LogP contribution < -0.4 is 10.3 Å². The van der Waals surface area contributed by atoms with Gasteiger partial charge in [-0.15, -0.1) is 0 Å². The van der Waals surface area contributed by atoms with Crippen LogP contribution in [0.4, 0.5) is 4.39 Å². The number of benzene rings is 1. The van der Waals surface area contributed by atoms with Crippen molar-refractivity contribution in [3.05, 3.63) is 57.5 Å². The maximum atomic E-state index is 13.7. The average molecular weight is 400 g/mol. The number of aromatic nitrogens is 2. The molecule has 1 aromatic carbocycles. The van der Waals surface area contributed by atoms with Crippen molar-refractivity contribution >= 4 is 5.91 Å². The van der Waals surface area contributed by atoms with Gasteiger partial charge in [0.2, 0.25) is 0 Å². The zero-order valence-electron chi connectivity index (χ0n) is 16.5. The Morgan fingerprint density at radius 3 is 3.00 bits per heavy atom. The van der Waals surface area contributed by atoms with Crippen LogP contribution in [0.1, 0.15) is 35.8 Å². The molecule has 1 N–H and O–H groups in total. The molecule has 1 amide bonds. The molecule has 1 saturated heterocycles. The number of halogens is 1. The van der Waals surface area contributed by atoms with Gasteiger partial charge in [-0.25, -0.2) is 9.37 Å². The van der Waals surface area contributed by atoms with Crippen molar-refractivity contribution in [1.29, 1.82) is 0 Å². The number of hydrogen-bond donors (Lipinski definition) is 1. The van der Waals surface area contributed by atoms with Gasteiger partial charge in [0, 0.05) is 38.5 Å². The predicted octanol–water partition coefficient (Wildman–Crippen LogP) is 1.68. The first-order valence-corrected chi connectivity index (χ1v) is 9.97. The fourth-order valence-corrected chi connectivity index (χ4v) is 3.99. The highest BCUT2D eigenvalue weighted by Gasteiger charge is 2.28. The van der Waals surface area contributed by atoms with Crippen molar-refractivity contribution in [2.45, 2.75) is 31.7 Å². The van der Waals surface area contributed by atoms with Crippen molar-refractivity contribution in [3.8, 4) is 5.75 Å². The van der Waals surface area contributed by atoms with Gasteiger partial charge >= 0.3 is 0 Å². The van der Waals surface area contributed by atoms with Gasteiger partial charge in [-0.1, -0.05) is 12.1 Å². The van der Waals surface area contributed by atoms with Crippen LogP contribution in [-0.2, 0) is 17.8 Å². The molecular weight excluding hydrogens is 375 g/mol. The van der Waals surface area contributed by atoms with E-state index >= 15 is 0 Å². The molecule has 2 aliphatic heterocycles. The average Bonchev–Trinajstić information content (AvgIpc) is 2.73. The van der Waals surface area contributed by atoms with Gasteiger partial charge < -0.3 is 19.5 Å². The van der Waals surface area contributed by atoms with Gasteiger partial charge in [-0.05, 0) is 32.0 Å². The maximum Gasteiger partial charge on any atom is 0.260 e. The fourth-order valence-electron chi connectivity index (χ4n) is 3.99. The minimum absolute atomic E-state index is 0.0150. The molecule has 29 heavy (non-hydrogen) atoms. The van der Waals surface area contributed by atoms with E-state index in [9.17, 15) is 14.0 Å². The zero-order chi connectivity index (χ0) is 20.4. The van der Waals surface area contributed by atoms with Gasteiger partial charge in [0.25, 0.3) is 11.5 Å². The largest absolute Gasteiger partial charge is 0.481 e. The summed E-state index contributed by atoms with van der Waals surface area (Å²) in [5.74, 6) is 0.0305. The van der Waals surface area contributed by atoms with E-state index in [2.05, 4.69) is 9.88 Å². The molecule has 8 heteroatoms. The third kappa shape index (κ3) is 4.32. The molecule has 2 aromatic rings. The standard InChI is InChI=1S/C21H25FN4O3/c1-25-10-8-17-15(12-25)21(28)24-20(23-17)14-5-4-9-26(11-14)19(27)13-29-18-7-3-2-6-16(18)22/h2-3,6-7,14H,4-5,8-13H2,1H3,(H,23,24,28)/t14-/m1/s1. The summed E-state index contributed by atoms with van der Waals surface area (Å²) in [7, 11) is 1.99. The Hall–Kier alpha value is -2.74. The number of aromatic amines is 1. The Bertz CT molecular complexity index is 961.